The van der Waals surface area contributed by atoms with Gasteiger partial charge < -0.3 is 0 Å². The average Bonchev–Trinajstić information content (AvgIpc) is 3.08. The van der Waals surface area contributed by atoms with Crippen molar-refractivity contribution in [3.05, 3.63) is 53.3 Å². The van der Waals surface area contributed by atoms with Crippen molar-refractivity contribution >= 4 is 32.2 Å². The van der Waals surface area contributed by atoms with E-state index >= 15 is 0 Å². The molecule has 0 saturated carbocycles. The van der Waals surface area contributed by atoms with Gasteiger partial charge in [-0.25, -0.2) is 0 Å². The Hall–Kier alpha value is -2.12. The number of halogens is 1. The molecule has 0 aliphatic rings. The largest absolute Gasteiger partial charge is 0.265 e. The van der Waals surface area contributed by atoms with Crippen LogP contribution in [0.25, 0.3) is 26.9 Å². The van der Waals surface area contributed by atoms with E-state index in [1.165, 1.54) is 11.3 Å². The van der Waals surface area contributed by atoms with Gasteiger partial charge in [-0.3, -0.25) is 4.98 Å². The number of pyridine rings is 1. The predicted molar refractivity (Wildman–Crippen MR) is 85.0 cm³/mol. The summed E-state index contributed by atoms with van der Waals surface area (Å²) in [6, 6.07) is 11.8. The van der Waals surface area contributed by atoms with Gasteiger partial charge in [0.1, 0.15) is 5.01 Å². The van der Waals surface area contributed by atoms with Crippen LogP contribution in [0.15, 0.2) is 53.3 Å². The van der Waals surface area contributed by atoms with Gasteiger partial charge in [0, 0.05) is 28.0 Å². The molecule has 0 radical (unpaired) electrons. The van der Waals surface area contributed by atoms with E-state index in [0.717, 1.165) is 31.4 Å². The fraction of sp³-hybridized carbons (Fsp3) is 0. The molecule has 102 valence electrons. The Kier molecular flexibility index (Phi) is 3.01. The lowest BCUT2D eigenvalue weighted by Gasteiger charge is -1.97. The Morgan fingerprint density at radius 3 is 2.67 bits per heavy atom. The first-order chi connectivity index (χ1) is 10.3. The first kappa shape index (κ1) is 12.6. The summed E-state index contributed by atoms with van der Waals surface area (Å²) in [6.07, 6.45) is 3.51. The Bertz CT molecular complexity index is 915. The van der Waals surface area contributed by atoms with Gasteiger partial charge >= 0.3 is 0 Å². The zero-order valence-electron chi connectivity index (χ0n) is 10.6. The zero-order chi connectivity index (χ0) is 14.2. The number of rotatable bonds is 2. The third-order valence-electron chi connectivity index (χ3n) is 3.00. The number of nitrogens with zero attached hydrogens (tertiary/aromatic N) is 5. The van der Waals surface area contributed by atoms with Crippen LogP contribution < -0.4 is 0 Å². The quantitative estimate of drug-likeness (QED) is 0.549. The van der Waals surface area contributed by atoms with Crippen molar-refractivity contribution in [3.63, 3.8) is 0 Å². The lowest BCUT2D eigenvalue weighted by atomic mass is 10.2. The van der Waals surface area contributed by atoms with Crippen LogP contribution in [0.3, 0.4) is 0 Å². The third-order valence-corrected chi connectivity index (χ3v) is 4.44. The van der Waals surface area contributed by atoms with Gasteiger partial charge in [-0.2, -0.15) is 9.61 Å². The summed E-state index contributed by atoms with van der Waals surface area (Å²) in [5.41, 5.74) is 2.00. The van der Waals surface area contributed by atoms with Gasteiger partial charge in [0.05, 0.1) is 0 Å². The number of fused-ring (bicyclic) bond motifs is 1. The predicted octanol–water partition coefficient (Wildman–Crippen LogP) is 3.68. The number of hydrogen-bond donors (Lipinski definition) is 0. The van der Waals surface area contributed by atoms with Crippen LogP contribution >= 0.6 is 27.3 Å². The Morgan fingerprint density at radius 1 is 1.00 bits per heavy atom. The van der Waals surface area contributed by atoms with E-state index in [2.05, 4.69) is 36.2 Å². The molecule has 0 N–H and O–H groups in total. The van der Waals surface area contributed by atoms with Gasteiger partial charge in [0.15, 0.2) is 5.82 Å². The SMILES string of the molecule is Brc1cccc(-c2nnc3sc(-c4ccncc4)nn23)c1. The molecule has 0 unspecified atom stereocenters. The van der Waals surface area contributed by atoms with E-state index in [-0.39, 0.29) is 0 Å². The van der Waals surface area contributed by atoms with E-state index in [4.69, 9.17) is 0 Å². The molecule has 0 bridgehead atoms. The molecule has 3 heterocycles. The highest BCUT2D eigenvalue weighted by molar-refractivity contribution is 9.10. The highest BCUT2D eigenvalue weighted by Crippen LogP contribution is 2.28. The van der Waals surface area contributed by atoms with Gasteiger partial charge in [0.2, 0.25) is 4.96 Å². The van der Waals surface area contributed by atoms with E-state index in [1.807, 2.05) is 36.4 Å². The molecule has 3 aromatic heterocycles. The summed E-state index contributed by atoms with van der Waals surface area (Å²) in [5, 5.41) is 14.0. The second-order valence-corrected chi connectivity index (χ2v) is 6.24. The smallest absolute Gasteiger partial charge is 0.235 e. The van der Waals surface area contributed by atoms with Crippen LogP contribution in [-0.2, 0) is 0 Å². The molecule has 4 rings (SSSR count). The van der Waals surface area contributed by atoms with Crippen LogP contribution in [0, 0.1) is 0 Å². The van der Waals surface area contributed by atoms with Gasteiger partial charge in [-0.05, 0) is 24.3 Å². The second kappa shape index (κ2) is 5.01. The molecule has 1 aromatic carbocycles. The van der Waals surface area contributed by atoms with E-state index in [0.29, 0.717) is 0 Å². The Labute approximate surface area is 132 Å². The minimum Gasteiger partial charge on any atom is -0.265 e. The van der Waals surface area contributed by atoms with Crippen molar-refractivity contribution in [1.82, 2.24) is 24.8 Å². The Balaban J connectivity index is 1.87. The van der Waals surface area contributed by atoms with Crippen molar-refractivity contribution in [2.75, 3.05) is 0 Å². The molecule has 0 aliphatic heterocycles. The van der Waals surface area contributed by atoms with E-state index < -0.39 is 0 Å². The van der Waals surface area contributed by atoms with Crippen molar-refractivity contribution in [2.45, 2.75) is 0 Å². The molecular weight excluding hydrogens is 350 g/mol. The minimum absolute atomic E-state index is 0.739. The van der Waals surface area contributed by atoms with Gasteiger partial charge in [-0.15, -0.1) is 10.2 Å². The number of aromatic nitrogens is 5. The summed E-state index contributed by atoms with van der Waals surface area (Å²) in [4.78, 5) is 4.80. The molecule has 0 spiro atoms. The standard InChI is InChI=1S/C14H8BrN5S/c15-11-3-1-2-10(8-11)12-17-18-14-20(12)19-13(21-14)9-4-6-16-7-5-9/h1-8H. The molecule has 0 aliphatic carbocycles. The molecule has 0 saturated heterocycles. The average molecular weight is 358 g/mol. The van der Waals surface area contributed by atoms with Gasteiger partial charge in [-0.1, -0.05) is 39.4 Å². The summed E-state index contributed by atoms with van der Waals surface area (Å²) in [5.74, 6) is 0.739. The molecular formula is C14H8BrN5S. The number of hydrogen-bond acceptors (Lipinski definition) is 5. The minimum atomic E-state index is 0.739. The van der Waals surface area contributed by atoms with Crippen LogP contribution in [0.5, 0.6) is 0 Å². The lowest BCUT2D eigenvalue weighted by molar-refractivity contribution is 0.970. The monoisotopic (exact) mass is 357 g/mol. The molecule has 0 atom stereocenters. The molecule has 21 heavy (non-hydrogen) atoms. The van der Waals surface area contributed by atoms with E-state index in [1.54, 1.807) is 16.9 Å². The van der Waals surface area contributed by atoms with Crippen molar-refractivity contribution in [3.8, 4) is 22.0 Å². The topological polar surface area (TPSA) is 56.0 Å². The highest BCUT2D eigenvalue weighted by Gasteiger charge is 2.14. The molecule has 4 aromatic rings. The maximum atomic E-state index is 4.62. The lowest BCUT2D eigenvalue weighted by Crippen LogP contribution is -1.91. The summed E-state index contributed by atoms with van der Waals surface area (Å²) < 4.78 is 2.78. The van der Waals surface area contributed by atoms with Crippen LogP contribution in [0.4, 0.5) is 0 Å². The van der Waals surface area contributed by atoms with Crippen molar-refractivity contribution < 1.29 is 0 Å². The summed E-state index contributed by atoms with van der Waals surface area (Å²) >= 11 is 4.98. The van der Waals surface area contributed by atoms with E-state index in [9.17, 15) is 0 Å². The fourth-order valence-corrected chi connectivity index (χ4v) is 3.28. The molecule has 0 amide bonds. The molecule has 7 heteroatoms. The van der Waals surface area contributed by atoms with Crippen LogP contribution in [-0.4, -0.2) is 24.8 Å². The van der Waals surface area contributed by atoms with Crippen molar-refractivity contribution in [1.29, 1.82) is 0 Å². The Morgan fingerprint density at radius 2 is 1.86 bits per heavy atom. The normalized spacial score (nSPS) is 11.1. The first-order valence-electron chi connectivity index (χ1n) is 6.20. The summed E-state index contributed by atoms with van der Waals surface area (Å²) in [6.45, 7) is 0. The first-order valence-corrected chi connectivity index (χ1v) is 7.81. The van der Waals surface area contributed by atoms with Crippen LogP contribution in [0.1, 0.15) is 0 Å². The summed E-state index contributed by atoms with van der Waals surface area (Å²) in [7, 11) is 0. The second-order valence-electron chi connectivity index (χ2n) is 4.37. The molecule has 0 fully saturated rings. The molecule has 5 nitrogen and oxygen atoms in total. The third kappa shape index (κ3) is 2.24. The maximum Gasteiger partial charge on any atom is 0.235 e. The van der Waals surface area contributed by atoms with Gasteiger partial charge in [0.25, 0.3) is 0 Å². The van der Waals surface area contributed by atoms with Crippen LogP contribution in [0.2, 0.25) is 0 Å². The van der Waals surface area contributed by atoms with Crippen molar-refractivity contribution in [2.24, 2.45) is 0 Å². The fourth-order valence-electron chi connectivity index (χ4n) is 2.04. The maximum absolute atomic E-state index is 4.62. The number of benzene rings is 1. The highest BCUT2D eigenvalue weighted by atomic mass is 79.9. The zero-order valence-corrected chi connectivity index (χ0v) is 13.0.